The fourth-order valence-electron chi connectivity index (χ4n) is 5.68. The standard InChI is InChI=1S/C24H21N9O3S/c1-11(33-10-27-20-19(33)23(35)31(6-5-25)24(36)30(20)2)21(34)28-14-9-37-22(29-14)12-3-4-15(26-7-12)32-8-13-16-17(13)18(16)32/h3-4,7,9-11,13,16-18H,6,8H2,1-2H3,(H,28,34)/t11-,13?,16?,17?,18?/m0/s1. The number of rotatable bonds is 6. The van der Waals surface area contributed by atoms with Crippen LogP contribution < -0.4 is 21.5 Å². The predicted molar refractivity (Wildman–Crippen MR) is 135 cm³/mol. The molecule has 12 nitrogen and oxygen atoms in total. The number of nitriles is 1. The van der Waals surface area contributed by atoms with E-state index in [-0.39, 0.29) is 11.2 Å². The van der Waals surface area contributed by atoms with Crippen LogP contribution >= 0.6 is 11.3 Å². The molecule has 2 bridgehead atoms. The number of carbonyl (C=O) groups is 1. The van der Waals surface area contributed by atoms with E-state index in [1.54, 1.807) is 12.3 Å². The Morgan fingerprint density at radius 1 is 1.30 bits per heavy atom. The zero-order valence-electron chi connectivity index (χ0n) is 19.9. The fraction of sp³-hybridized carbons (Fsp3) is 0.375. The molecule has 13 heteroatoms. The number of aromatic nitrogens is 6. The highest BCUT2D eigenvalue weighted by atomic mass is 32.1. The Balaban J connectivity index is 1.10. The lowest BCUT2D eigenvalue weighted by molar-refractivity contribution is -0.118. The van der Waals surface area contributed by atoms with Gasteiger partial charge in [0.05, 0.1) is 12.4 Å². The summed E-state index contributed by atoms with van der Waals surface area (Å²) in [5.74, 6) is 3.73. The van der Waals surface area contributed by atoms with Crippen LogP contribution in [0.3, 0.4) is 0 Å². The van der Waals surface area contributed by atoms with Gasteiger partial charge in [-0.05, 0) is 36.8 Å². The van der Waals surface area contributed by atoms with Gasteiger partial charge in [-0.3, -0.25) is 14.2 Å². The van der Waals surface area contributed by atoms with Gasteiger partial charge in [0.25, 0.3) is 5.56 Å². The zero-order valence-corrected chi connectivity index (χ0v) is 20.7. The van der Waals surface area contributed by atoms with E-state index in [9.17, 15) is 14.4 Å². The summed E-state index contributed by atoms with van der Waals surface area (Å²) in [4.78, 5) is 54.2. The van der Waals surface area contributed by atoms with Crippen molar-refractivity contribution in [2.75, 3.05) is 16.8 Å². The van der Waals surface area contributed by atoms with Gasteiger partial charge in [-0.1, -0.05) is 0 Å². The lowest BCUT2D eigenvalue weighted by Gasteiger charge is -2.16. The van der Waals surface area contributed by atoms with E-state index < -0.39 is 29.7 Å². The second kappa shape index (κ2) is 7.59. The molecule has 2 saturated carbocycles. The average molecular weight is 516 g/mol. The summed E-state index contributed by atoms with van der Waals surface area (Å²) in [5, 5.41) is 14.3. The molecule has 0 aromatic carbocycles. The summed E-state index contributed by atoms with van der Waals surface area (Å²) in [6.45, 7) is 2.34. The van der Waals surface area contributed by atoms with E-state index in [1.807, 2.05) is 24.4 Å². The van der Waals surface area contributed by atoms with E-state index in [0.717, 1.165) is 45.3 Å². The van der Waals surface area contributed by atoms with Crippen LogP contribution in [0.5, 0.6) is 0 Å². The van der Waals surface area contributed by atoms with Gasteiger partial charge in [0.2, 0.25) is 5.91 Å². The number of imidazole rings is 1. The van der Waals surface area contributed by atoms with Crippen molar-refractivity contribution in [1.29, 1.82) is 5.26 Å². The van der Waals surface area contributed by atoms with Crippen LogP contribution in [0, 0.1) is 29.1 Å². The van der Waals surface area contributed by atoms with Crippen molar-refractivity contribution in [2.24, 2.45) is 24.8 Å². The smallest absolute Gasteiger partial charge is 0.333 e. The number of pyridine rings is 1. The first-order valence-electron chi connectivity index (χ1n) is 11.9. The number of piperidine rings is 1. The van der Waals surface area contributed by atoms with Crippen molar-refractivity contribution in [3.8, 4) is 16.6 Å². The molecule has 3 atom stereocenters. The van der Waals surface area contributed by atoms with Crippen LogP contribution in [-0.2, 0) is 18.4 Å². The zero-order chi connectivity index (χ0) is 25.6. The van der Waals surface area contributed by atoms with E-state index in [0.29, 0.717) is 11.9 Å². The Kier molecular flexibility index (Phi) is 4.50. The topological polar surface area (TPSA) is 144 Å². The van der Waals surface area contributed by atoms with E-state index >= 15 is 0 Å². The summed E-state index contributed by atoms with van der Waals surface area (Å²) < 4.78 is 3.42. The number of thiazole rings is 1. The van der Waals surface area contributed by atoms with Crippen LogP contribution in [-0.4, -0.2) is 47.1 Å². The monoisotopic (exact) mass is 515 g/mol. The molecule has 4 aromatic heterocycles. The predicted octanol–water partition coefficient (Wildman–Crippen LogP) is 1.20. The Hall–Kier alpha value is -4.31. The van der Waals surface area contributed by atoms with Crippen LogP contribution in [0.4, 0.5) is 11.6 Å². The van der Waals surface area contributed by atoms with Crippen molar-refractivity contribution < 1.29 is 4.79 Å². The summed E-state index contributed by atoms with van der Waals surface area (Å²) in [7, 11) is 1.47. The molecule has 1 N–H and O–H groups in total. The average Bonchev–Trinajstić information content (AvgIpc) is 3.41. The number of nitrogens with zero attached hydrogens (tertiary/aromatic N) is 8. The molecule has 4 aliphatic rings. The van der Waals surface area contributed by atoms with Crippen LogP contribution in [0.2, 0.25) is 0 Å². The quantitative estimate of drug-likeness (QED) is 0.403. The maximum atomic E-state index is 13.1. The molecule has 6 heterocycles. The molecular formula is C24H21N9O3S. The number of nitrogens with one attached hydrogen (secondary N) is 1. The SMILES string of the molecule is C[C@@H](C(=O)Nc1csc(-c2ccc(N3CC4C5C4C53)nc2)n1)n1cnc2c1c(=O)n(CC#N)c(=O)n2C. The number of hydrogen-bond acceptors (Lipinski definition) is 9. The minimum atomic E-state index is -0.828. The minimum absolute atomic E-state index is 0.0715. The molecule has 1 amide bonds. The number of anilines is 2. The van der Waals surface area contributed by atoms with Gasteiger partial charge < -0.3 is 14.8 Å². The molecule has 2 saturated heterocycles. The molecule has 2 aliphatic heterocycles. The van der Waals surface area contributed by atoms with Crippen molar-refractivity contribution >= 4 is 40.0 Å². The molecule has 0 radical (unpaired) electrons. The Morgan fingerprint density at radius 3 is 2.78 bits per heavy atom. The molecule has 2 unspecified atom stereocenters. The molecule has 4 aromatic rings. The molecule has 186 valence electrons. The number of carbonyl (C=O) groups excluding carboxylic acids is 1. The maximum absolute atomic E-state index is 13.1. The van der Waals surface area contributed by atoms with Crippen LogP contribution in [0.25, 0.3) is 21.7 Å². The molecule has 8 rings (SSSR count). The molecule has 2 aliphatic carbocycles. The largest absolute Gasteiger partial charge is 0.353 e. The third-order valence-corrected chi connectivity index (χ3v) is 8.73. The van der Waals surface area contributed by atoms with Crippen molar-refractivity contribution in [1.82, 2.24) is 28.7 Å². The Labute approximate surface area is 213 Å². The van der Waals surface area contributed by atoms with Gasteiger partial charge in [-0.2, -0.15) is 5.26 Å². The number of amides is 1. The molecule has 37 heavy (non-hydrogen) atoms. The lowest BCUT2D eigenvalue weighted by Crippen LogP contribution is -2.40. The third kappa shape index (κ3) is 3.12. The summed E-state index contributed by atoms with van der Waals surface area (Å²) >= 11 is 1.40. The Bertz CT molecular complexity index is 1740. The van der Waals surface area contributed by atoms with Crippen molar-refractivity contribution in [3.05, 3.63) is 50.9 Å². The summed E-state index contributed by atoms with van der Waals surface area (Å²) in [6.07, 6.45) is 3.17. The van der Waals surface area contributed by atoms with Gasteiger partial charge in [-0.25, -0.2) is 24.3 Å². The first kappa shape index (κ1) is 21.9. The number of hydrogen-bond donors (Lipinski definition) is 1. The van der Waals surface area contributed by atoms with Crippen molar-refractivity contribution in [2.45, 2.75) is 25.6 Å². The molecular weight excluding hydrogens is 494 g/mol. The first-order chi connectivity index (χ1) is 17.9. The normalized spacial score (nSPS) is 23.5. The van der Waals surface area contributed by atoms with Gasteiger partial charge in [0, 0.05) is 36.8 Å². The maximum Gasteiger partial charge on any atom is 0.333 e. The number of aryl methyl sites for hydroxylation is 1. The van der Waals surface area contributed by atoms with E-state index in [1.165, 1.54) is 33.8 Å². The van der Waals surface area contributed by atoms with Gasteiger partial charge in [0.1, 0.15) is 29.2 Å². The van der Waals surface area contributed by atoms with Crippen LogP contribution in [0.1, 0.15) is 13.0 Å². The second-order valence-corrected chi connectivity index (χ2v) is 10.6. The number of fused-ring (bicyclic) bond motifs is 2. The molecule has 0 spiro atoms. The summed E-state index contributed by atoms with van der Waals surface area (Å²) in [6, 6.07) is 5.74. The van der Waals surface area contributed by atoms with Gasteiger partial charge >= 0.3 is 5.69 Å². The second-order valence-electron chi connectivity index (χ2n) is 9.78. The van der Waals surface area contributed by atoms with Gasteiger partial charge in [0.15, 0.2) is 11.2 Å². The molecule has 4 fully saturated rings. The Morgan fingerprint density at radius 2 is 2.11 bits per heavy atom. The van der Waals surface area contributed by atoms with Crippen molar-refractivity contribution in [3.63, 3.8) is 0 Å². The first-order valence-corrected chi connectivity index (χ1v) is 12.8. The highest BCUT2D eigenvalue weighted by Crippen LogP contribution is 2.75. The third-order valence-electron chi connectivity index (χ3n) is 7.84. The van der Waals surface area contributed by atoms with Crippen LogP contribution in [0.15, 0.2) is 39.6 Å². The fourth-order valence-corrected chi connectivity index (χ4v) is 6.42. The lowest BCUT2D eigenvalue weighted by atomic mass is 10.2. The van der Waals surface area contributed by atoms with E-state index in [2.05, 4.69) is 25.2 Å². The highest BCUT2D eigenvalue weighted by Gasteiger charge is 2.80. The minimum Gasteiger partial charge on any atom is -0.353 e. The summed E-state index contributed by atoms with van der Waals surface area (Å²) in [5.41, 5.74) is -0.222. The van der Waals surface area contributed by atoms with E-state index in [4.69, 9.17) is 5.26 Å². The van der Waals surface area contributed by atoms with Gasteiger partial charge in [-0.15, -0.1) is 11.3 Å². The highest BCUT2D eigenvalue weighted by molar-refractivity contribution is 7.13.